The van der Waals surface area contributed by atoms with Crippen LogP contribution in [0.3, 0.4) is 0 Å². The molecule has 0 amide bonds. The number of rotatable bonds is 4. The van der Waals surface area contributed by atoms with E-state index in [-0.39, 0.29) is 39.3 Å². The van der Waals surface area contributed by atoms with E-state index in [0.717, 1.165) is 6.42 Å². The predicted molar refractivity (Wildman–Crippen MR) is 327 cm³/mol. The van der Waals surface area contributed by atoms with Crippen LogP contribution in [0.4, 0.5) is 45.5 Å². The summed E-state index contributed by atoms with van der Waals surface area (Å²) in [4.78, 5) is 8.13. The zero-order chi connectivity index (χ0) is 53.2. The summed E-state index contributed by atoms with van der Waals surface area (Å²) in [5.41, 5.74) is 28.7. The van der Waals surface area contributed by atoms with Crippen molar-refractivity contribution in [3.8, 4) is 22.3 Å². The van der Waals surface area contributed by atoms with Gasteiger partial charge in [-0.25, -0.2) is 0 Å². The molecule has 8 aromatic rings. The van der Waals surface area contributed by atoms with Crippen molar-refractivity contribution < 1.29 is 0 Å². The van der Waals surface area contributed by atoms with Gasteiger partial charge in [-0.1, -0.05) is 193 Å². The Labute approximate surface area is 455 Å². The van der Waals surface area contributed by atoms with Crippen LogP contribution in [-0.4, -0.2) is 12.3 Å². The molecule has 0 N–H and O–H groups in total. The molecule has 0 radical (unpaired) electrons. The van der Waals surface area contributed by atoms with Crippen LogP contribution in [0, 0.1) is 6.92 Å². The summed E-state index contributed by atoms with van der Waals surface area (Å²) in [5, 5.41) is 0. The van der Waals surface area contributed by atoms with E-state index in [0.29, 0.717) is 0 Å². The Morgan fingerprint density at radius 2 is 0.987 bits per heavy atom. The van der Waals surface area contributed by atoms with Gasteiger partial charge in [0, 0.05) is 56.2 Å². The Bertz CT molecular complexity index is 3710. The van der Waals surface area contributed by atoms with E-state index in [1.165, 1.54) is 142 Å². The Morgan fingerprint density at radius 3 is 1.70 bits per heavy atom. The van der Waals surface area contributed by atoms with Crippen LogP contribution >= 0.6 is 0 Å². The van der Waals surface area contributed by atoms with Crippen molar-refractivity contribution in [2.45, 2.75) is 155 Å². The maximum absolute atomic E-state index is 2.80. The first-order valence-corrected chi connectivity index (χ1v) is 28.4. The molecule has 3 nitrogen and oxygen atoms in total. The highest BCUT2D eigenvalue weighted by atomic mass is 15.3. The summed E-state index contributed by atoms with van der Waals surface area (Å²) in [6, 6.07) is 62.4. The van der Waals surface area contributed by atoms with Crippen LogP contribution in [0.1, 0.15) is 155 Å². The predicted octanol–water partition coefficient (Wildman–Crippen LogP) is 17.7. The molecule has 76 heavy (non-hydrogen) atoms. The van der Waals surface area contributed by atoms with E-state index >= 15 is 0 Å². The highest BCUT2D eigenvalue weighted by molar-refractivity contribution is 7.00. The average Bonchev–Trinajstić information content (AvgIpc) is 3.86. The third-order valence-electron chi connectivity index (χ3n) is 19.3. The number of benzene rings is 8. The summed E-state index contributed by atoms with van der Waals surface area (Å²) in [6.07, 6.45) is 4.84. The summed E-state index contributed by atoms with van der Waals surface area (Å²) >= 11 is 0. The van der Waals surface area contributed by atoms with E-state index in [1.807, 2.05) is 0 Å². The molecule has 3 aliphatic heterocycles. The number of fused-ring (bicyclic) bond motifs is 10. The van der Waals surface area contributed by atoms with Gasteiger partial charge in [0.15, 0.2) is 0 Å². The van der Waals surface area contributed by atoms with Crippen molar-refractivity contribution in [3.63, 3.8) is 0 Å². The number of aryl methyl sites for hydroxylation is 1. The molecule has 4 heteroatoms. The fourth-order valence-corrected chi connectivity index (χ4v) is 14.7. The van der Waals surface area contributed by atoms with E-state index in [9.17, 15) is 0 Å². The molecule has 382 valence electrons. The lowest BCUT2D eigenvalue weighted by molar-refractivity contribution is 0.195. The highest BCUT2D eigenvalue weighted by Gasteiger charge is 2.58. The van der Waals surface area contributed by atoms with E-state index < -0.39 is 0 Å². The number of anilines is 8. The average molecular weight is 994 g/mol. The standard InChI is InChI=1S/C72H76BN3/c1-45-38-64-66-65(39-45)75(60-34-27-47(67(2,3)4)40-54(60)46-22-16-15-17-23-46)62-42-49(69(8,9)10)26-32-58(62)73(66)59-33-30-51(76-61-35-28-48(68(5,6)7)41-57(61)71(13)36-20-21-37-72(71,76)14)44-63(59)74(64)50-29-31-53-52-24-18-19-25-55(52)70(11,12)56(53)43-50/h15-19,22-35,38-44H,20-21,36-37H2,1-14H3. The Morgan fingerprint density at radius 1 is 0.421 bits per heavy atom. The monoisotopic (exact) mass is 994 g/mol. The lowest BCUT2D eigenvalue weighted by Gasteiger charge is -2.50. The first kappa shape index (κ1) is 48.8. The highest BCUT2D eigenvalue weighted by Crippen LogP contribution is 2.62. The van der Waals surface area contributed by atoms with Crippen LogP contribution in [0.2, 0.25) is 0 Å². The number of hydrogen-bond acceptors (Lipinski definition) is 3. The summed E-state index contributed by atoms with van der Waals surface area (Å²) in [6.45, 7) is 33.5. The van der Waals surface area contributed by atoms with E-state index in [2.05, 4.69) is 269 Å². The van der Waals surface area contributed by atoms with Gasteiger partial charge in [-0.3, -0.25) is 0 Å². The minimum Gasteiger partial charge on any atom is -0.334 e. The van der Waals surface area contributed by atoms with Gasteiger partial charge in [-0.05, 0) is 176 Å². The van der Waals surface area contributed by atoms with E-state index in [1.54, 1.807) is 0 Å². The maximum atomic E-state index is 2.80. The molecule has 5 aliphatic rings. The second kappa shape index (κ2) is 16.4. The second-order valence-corrected chi connectivity index (χ2v) is 27.5. The Balaban J connectivity index is 1.10. The smallest absolute Gasteiger partial charge is 0.252 e. The van der Waals surface area contributed by atoms with Crippen molar-refractivity contribution >= 4 is 68.6 Å². The lowest BCUT2D eigenvalue weighted by atomic mass is 9.33. The maximum Gasteiger partial charge on any atom is 0.252 e. The first-order chi connectivity index (χ1) is 36.0. The second-order valence-electron chi connectivity index (χ2n) is 27.5. The molecule has 0 spiro atoms. The molecular weight excluding hydrogens is 918 g/mol. The molecule has 0 bridgehead atoms. The SMILES string of the molecule is Cc1cc2c3c(c1)N(c1ccc(C(C)(C)C)cc1-c1ccccc1)c1cc(C(C)(C)C)ccc1B3c1ccc(N3c4ccc(C(C)(C)C)cc4C4(C)CCCCC34C)cc1N2c1ccc2c(c1)C(C)(C)c1ccccc1-2. The summed E-state index contributed by atoms with van der Waals surface area (Å²) < 4.78 is 0. The normalized spacial score (nSPS) is 19.9. The largest absolute Gasteiger partial charge is 0.334 e. The van der Waals surface area contributed by atoms with Crippen LogP contribution in [-0.2, 0) is 27.1 Å². The van der Waals surface area contributed by atoms with Gasteiger partial charge in [0.2, 0.25) is 0 Å². The Kier molecular flexibility index (Phi) is 10.5. The van der Waals surface area contributed by atoms with Crippen molar-refractivity contribution in [3.05, 3.63) is 197 Å². The summed E-state index contributed by atoms with van der Waals surface area (Å²) in [7, 11) is 0. The van der Waals surface area contributed by atoms with Crippen molar-refractivity contribution in [2.75, 3.05) is 14.7 Å². The molecule has 0 saturated heterocycles. The first-order valence-electron chi connectivity index (χ1n) is 28.4. The van der Waals surface area contributed by atoms with Gasteiger partial charge in [0.25, 0.3) is 6.71 Å². The molecule has 8 aromatic carbocycles. The van der Waals surface area contributed by atoms with Crippen molar-refractivity contribution in [1.82, 2.24) is 0 Å². The van der Waals surface area contributed by atoms with Crippen LogP contribution in [0.5, 0.6) is 0 Å². The third kappa shape index (κ3) is 7.00. The van der Waals surface area contributed by atoms with Gasteiger partial charge in [-0.2, -0.15) is 0 Å². The molecule has 1 fully saturated rings. The molecule has 3 heterocycles. The van der Waals surface area contributed by atoms with Crippen molar-refractivity contribution in [1.29, 1.82) is 0 Å². The molecule has 2 atom stereocenters. The van der Waals surface area contributed by atoms with Gasteiger partial charge >= 0.3 is 0 Å². The zero-order valence-electron chi connectivity index (χ0n) is 47.8. The van der Waals surface area contributed by atoms with Crippen molar-refractivity contribution in [2.24, 2.45) is 0 Å². The molecule has 1 saturated carbocycles. The Hall–Kier alpha value is -6.78. The minimum absolute atomic E-state index is 0.00828. The van der Waals surface area contributed by atoms with Gasteiger partial charge in [0.05, 0.1) is 11.2 Å². The van der Waals surface area contributed by atoms with Crippen LogP contribution in [0.15, 0.2) is 158 Å². The fraction of sp³-hybridized carbons (Fsp3) is 0.333. The molecule has 2 unspecified atom stereocenters. The number of hydrogen-bond donors (Lipinski definition) is 0. The van der Waals surface area contributed by atoms with Gasteiger partial charge in [0.1, 0.15) is 0 Å². The van der Waals surface area contributed by atoms with Gasteiger partial charge in [-0.15, -0.1) is 0 Å². The lowest BCUT2D eigenvalue weighted by Crippen LogP contribution is -2.61. The minimum atomic E-state index is -0.157. The van der Waals surface area contributed by atoms with E-state index in [4.69, 9.17) is 0 Å². The molecular formula is C72H76BN3. The molecule has 0 aromatic heterocycles. The van der Waals surface area contributed by atoms with Crippen LogP contribution in [0.25, 0.3) is 22.3 Å². The quantitative estimate of drug-likeness (QED) is 0.163. The number of nitrogens with zero attached hydrogens (tertiary/aromatic N) is 3. The third-order valence-corrected chi connectivity index (χ3v) is 19.3. The summed E-state index contributed by atoms with van der Waals surface area (Å²) in [5.74, 6) is 0. The zero-order valence-corrected chi connectivity index (χ0v) is 47.8. The molecule has 2 aliphatic carbocycles. The molecule has 13 rings (SSSR count). The van der Waals surface area contributed by atoms with Crippen LogP contribution < -0.4 is 31.1 Å². The van der Waals surface area contributed by atoms with Gasteiger partial charge < -0.3 is 14.7 Å². The topological polar surface area (TPSA) is 9.72 Å². The fourth-order valence-electron chi connectivity index (χ4n) is 14.7.